The Bertz CT molecular complexity index is 537. The minimum atomic E-state index is -0.191. The van der Waals surface area contributed by atoms with Gasteiger partial charge in [-0.3, -0.25) is 9.59 Å². The topological polar surface area (TPSA) is 58.6 Å². The number of hydrogen-bond acceptors (Lipinski definition) is 3. The highest BCUT2D eigenvalue weighted by Crippen LogP contribution is 2.31. The van der Waals surface area contributed by atoms with Crippen molar-refractivity contribution >= 4 is 17.5 Å². The van der Waals surface area contributed by atoms with E-state index in [1.54, 1.807) is 23.1 Å². The van der Waals surface area contributed by atoms with E-state index in [1.807, 2.05) is 7.05 Å². The summed E-state index contributed by atoms with van der Waals surface area (Å²) in [5.41, 5.74) is 1.15. The Hall–Kier alpha value is -2.04. The van der Waals surface area contributed by atoms with Gasteiger partial charge in [0.1, 0.15) is 5.75 Å². The molecule has 0 unspecified atom stereocenters. The van der Waals surface area contributed by atoms with Crippen LogP contribution in [0.4, 0.5) is 5.69 Å². The van der Waals surface area contributed by atoms with Crippen LogP contribution in [0.5, 0.6) is 5.75 Å². The largest absolute Gasteiger partial charge is 0.482 e. The summed E-state index contributed by atoms with van der Waals surface area (Å²) in [4.78, 5) is 25.3. The van der Waals surface area contributed by atoms with Crippen molar-refractivity contribution in [3.63, 3.8) is 0 Å². The van der Waals surface area contributed by atoms with Crippen molar-refractivity contribution in [2.45, 2.75) is 12.8 Å². The number of rotatable bonds is 3. The van der Waals surface area contributed by atoms with Crippen molar-refractivity contribution < 1.29 is 14.3 Å². The third-order valence-electron chi connectivity index (χ3n) is 3.44. The molecule has 0 radical (unpaired) electrons. The summed E-state index contributed by atoms with van der Waals surface area (Å²) in [7, 11) is 1.81. The zero-order chi connectivity index (χ0) is 13.4. The number of nitrogens with one attached hydrogen (secondary N) is 1. The number of amides is 2. The lowest BCUT2D eigenvalue weighted by atomic mass is 10.1. The van der Waals surface area contributed by atoms with E-state index in [0.29, 0.717) is 22.9 Å². The van der Waals surface area contributed by atoms with Crippen LogP contribution < -0.4 is 10.1 Å². The summed E-state index contributed by atoms with van der Waals surface area (Å²) in [6, 6.07) is 5.15. The Morgan fingerprint density at radius 1 is 1.47 bits per heavy atom. The maximum Gasteiger partial charge on any atom is 0.262 e. The quantitative estimate of drug-likeness (QED) is 0.896. The first-order valence-electron chi connectivity index (χ1n) is 6.45. The van der Waals surface area contributed by atoms with Crippen molar-refractivity contribution in [1.82, 2.24) is 4.90 Å². The Kier molecular flexibility index (Phi) is 2.89. The molecule has 0 atom stereocenters. The Labute approximate surface area is 111 Å². The molecule has 1 aromatic rings. The molecule has 0 bridgehead atoms. The minimum Gasteiger partial charge on any atom is -0.482 e. The van der Waals surface area contributed by atoms with E-state index in [2.05, 4.69) is 5.32 Å². The lowest BCUT2D eigenvalue weighted by Crippen LogP contribution is -2.29. The van der Waals surface area contributed by atoms with Crippen LogP contribution in [0, 0.1) is 5.92 Å². The van der Waals surface area contributed by atoms with Gasteiger partial charge in [-0.2, -0.15) is 0 Å². The van der Waals surface area contributed by atoms with Gasteiger partial charge in [0, 0.05) is 19.2 Å². The van der Waals surface area contributed by atoms with Crippen molar-refractivity contribution in [2.24, 2.45) is 5.92 Å². The second-order valence-corrected chi connectivity index (χ2v) is 5.18. The molecule has 2 aliphatic rings. The highest BCUT2D eigenvalue weighted by atomic mass is 16.5. The molecule has 0 aromatic heterocycles. The van der Waals surface area contributed by atoms with E-state index in [0.717, 1.165) is 6.54 Å². The molecule has 19 heavy (non-hydrogen) atoms. The van der Waals surface area contributed by atoms with Crippen LogP contribution in [0.1, 0.15) is 23.2 Å². The number of ether oxygens (including phenoxy) is 1. The molecular weight excluding hydrogens is 244 g/mol. The van der Waals surface area contributed by atoms with Crippen LogP contribution in [0.2, 0.25) is 0 Å². The van der Waals surface area contributed by atoms with Gasteiger partial charge in [0.05, 0.1) is 5.69 Å². The molecule has 5 heteroatoms. The van der Waals surface area contributed by atoms with Crippen LogP contribution in [0.3, 0.4) is 0 Å². The normalized spacial score (nSPS) is 17.2. The zero-order valence-corrected chi connectivity index (χ0v) is 10.8. The van der Waals surface area contributed by atoms with Crippen LogP contribution in [0.15, 0.2) is 18.2 Å². The first-order chi connectivity index (χ1) is 9.13. The van der Waals surface area contributed by atoms with E-state index in [9.17, 15) is 9.59 Å². The van der Waals surface area contributed by atoms with Gasteiger partial charge in [0.15, 0.2) is 6.61 Å². The summed E-state index contributed by atoms with van der Waals surface area (Å²) in [5, 5.41) is 2.71. The zero-order valence-electron chi connectivity index (χ0n) is 10.8. The molecule has 1 aliphatic heterocycles. The van der Waals surface area contributed by atoms with E-state index in [-0.39, 0.29) is 18.4 Å². The fourth-order valence-corrected chi connectivity index (χ4v) is 2.21. The number of nitrogens with zero attached hydrogens (tertiary/aromatic N) is 1. The lowest BCUT2D eigenvalue weighted by Gasteiger charge is -2.20. The monoisotopic (exact) mass is 260 g/mol. The molecule has 5 nitrogen and oxygen atoms in total. The van der Waals surface area contributed by atoms with Crippen molar-refractivity contribution in [3.05, 3.63) is 23.8 Å². The second kappa shape index (κ2) is 4.57. The van der Waals surface area contributed by atoms with Gasteiger partial charge in [-0.25, -0.2) is 0 Å². The molecule has 1 N–H and O–H groups in total. The predicted molar refractivity (Wildman–Crippen MR) is 70.3 cm³/mol. The third kappa shape index (κ3) is 2.54. The standard InChI is InChI=1S/C14H16N2O3/c1-16(7-9-2-3-9)14(18)10-4-5-12-11(6-10)15-13(17)8-19-12/h4-6,9H,2-3,7-8H2,1H3,(H,15,17). The summed E-state index contributed by atoms with van der Waals surface area (Å²) >= 11 is 0. The summed E-state index contributed by atoms with van der Waals surface area (Å²) in [6.45, 7) is 0.834. The molecule has 1 saturated carbocycles. The van der Waals surface area contributed by atoms with Gasteiger partial charge >= 0.3 is 0 Å². The Morgan fingerprint density at radius 3 is 3.00 bits per heavy atom. The Balaban J connectivity index is 1.78. The van der Waals surface area contributed by atoms with Gasteiger partial charge in [0.2, 0.25) is 0 Å². The summed E-state index contributed by atoms with van der Waals surface area (Å²) in [5.74, 6) is 1.06. The number of fused-ring (bicyclic) bond motifs is 1. The van der Waals surface area contributed by atoms with Gasteiger partial charge < -0.3 is 15.0 Å². The predicted octanol–water partition coefficient (Wildman–Crippen LogP) is 1.50. The molecular formula is C14H16N2O3. The van der Waals surface area contributed by atoms with E-state index >= 15 is 0 Å². The van der Waals surface area contributed by atoms with Crippen molar-refractivity contribution in [2.75, 3.05) is 25.5 Å². The highest BCUT2D eigenvalue weighted by Gasteiger charge is 2.26. The highest BCUT2D eigenvalue weighted by molar-refractivity contribution is 5.99. The SMILES string of the molecule is CN(CC1CC1)C(=O)c1ccc2c(c1)NC(=O)CO2. The van der Waals surface area contributed by atoms with E-state index in [4.69, 9.17) is 4.74 Å². The molecule has 3 rings (SSSR count). The molecule has 100 valence electrons. The molecule has 1 heterocycles. The van der Waals surface area contributed by atoms with Crippen LogP contribution in [0.25, 0.3) is 0 Å². The fourth-order valence-electron chi connectivity index (χ4n) is 2.21. The second-order valence-electron chi connectivity index (χ2n) is 5.18. The van der Waals surface area contributed by atoms with Crippen LogP contribution >= 0.6 is 0 Å². The Morgan fingerprint density at radius 2 is 2.26 bits per heavy atom. The van der Waals surface area contributed by atoms with Gasteiger partial charge in [-0.1, -0.05) is 0 Å². The van der Waals surface area contributed by atoms with Gasteiger partial charge in [0.25, 0.3) is 11.8 Å². The number of carbonyl (C=O) groups is 2. The van der Waals surface area contributed by atoms with E-state index < -0.39 is 0 Å². The maximum absolute atomic E-state index is 12.2. The molecule has 0 spiro atoms. The number of hydrogen-bond donors (Lipinski definition) is 1. The molecule has 0 saturated heterocycles. The summed E-state index contributed by atoms with van der Waals surface area (Å²) < 4.78 is 5.27. The van der Waals surface area contributed by atoms with Gasteiger partial charge in [-0.05, 0) is 37.0 Å². The smallest absolute Gasteiger partial charge is 0.262 e. The first-order valence-corrected chi connectivity index (χ1v) is 6.45. The van der Waals surface area contributed by atoms with Crippen LogP contribution in [-0.4, -0.2) is 36.9 Å². The average molecular weight is 260 g/mol. The lowest BCUT2D eigenvalue weighted by molar-refractivity contribution is -0.118. The molecule has 1 aliphatic carbocycles. The molecule has 1 aromatic carbocycles. The molecule has 1 fully saturated rings. The number of anilines is 1. The third-order valence-corrected chi connectivity index (χ3v) is 3.44. The minimum absolute atomic E-state index is 0.0190. The van der Waals surface area contributed by atoms with Crippen LogP contribution in [-0.2, 0) is 4.79 Å². The van der Waals surface area contributed by atoms with Gasteiger partial charge in [-0.15, -0.1) is 0 Å². The number of benzene rings is 1. The summed E-state index contributed by atoms with van der Waals surface area (Å²) in [6.07, 6.45) is 2.43. The van der Waals surface area contributed by atoms with Crippen molar-refractivity contribution in [1.29, 1.82) is 0 Å². The van der Waals surface area contributed by atoms with Crippen molar-refractivity contribution in [3.8, 4) is 5.75 Å². The fraction of sp³-hybridized carbons (Fsp3) is 0.429. The maximum atomic E-state index is 12.2. The first kappa shape index (κ1) is 12.0. The molecule has 2 amide bonds. The average Bonchev–Trinajstić information content (AvgIpc) is 3.20. The van der Waals surface area contributed by atoms with E-state index in [1.165, 1.54) is 12.8 Å². The number of carbonyl (C=O) groups excluding carboxylic acids is 2.